The molecule has 0 unspecified atom stereocenters. The molecule has 12 heavy (non-hydrogen) atoms. The number of hydrogen-bond acceptors (Lipinski definition) is 1. The molecule has 0 aromatic heterocycles. The van der Waals surface area contributed by atoms with Crippen LogP contribution in [0, 0.1) is 5.92 Å². The standard InChI is InChI=1S/C10H17NSi/c1-9(11-12(2,3)4)10-7-5-6-8-10/h5-8,10H,1-4H3. The molecule has 0 aromatic rings. The van der Waals surface area contributed by atoms with Crippen LogP contribution < -0.4 is 0 Å². The van der Waals surface area contributed by atoms with E-state index in [0.717, 1.165) is 0 Å². The number of hydrogen-bond donors (Lipinski definition) is 0. The normalized spacial score (nSPS) is 19.2. The fraction of sp³-hybridized carbons (Fsp3) is 0.500. The highest BCUT2D eigenvalue weighted by atomic mass is 28.3. The predicted molar refractivity (Wildman–Crippen MR) is 58.2 cm³/mol. The Morgan fingerprint density at radius 3 is 2.08 bits per heavy atom. The van der Waals surface area contributed by atoms with Crippen LogP contribution in [0.25, 0.3) is 0 Å². The molecule has 0 fully saturated rings. The van der Waals surface area contributed by atoms with Crippen molar-refractivity contribution in [1.29, 1.82) is 0 Å². The molecule has 0 amide bonds. The van der Waals surface area contributed by atoms with Crippen LogP contribution in [-0.2, 0) is 0 Å². The first-order chi connectivity index (χ1) is 5.49. The highest BCUT2D eigenvalue weighted by Gasteiger charge is 2.14. The Morgan fingerprint density at radius 1 is 1.17 bits per heavy atom. The van der Waals surface area contributed by atoms with Gasteiger partial charge in [0.1, 0.15) is 0 Å². The highest BCUT2D eigenvalue weighted by molar-refractivity contribution is 6.75. The monoisotopic (exact) mass is 179 g/mol. The van der Waals surface area contributed by atoms with Gasteiger partial charge in [0.25, 0.3) is 0 Å². The molecule has 0 bridgehead atoms. The van der Waals surface area contributed by atoms with Crippen molar-refractivity contribution in [2.24, 2.45) is 10.6 Å². The van der Waals surface area contributed by atoms with Gasteiger partial charge in [-0.15, -0.1) is 0 Å². The van der Waals surface area contributed by atoms with E-state index in [0.29, 0.717) is 5.92 Å². The minimum Gasteiger partial charge on any atom is -0.330 e. The second-order valence-corrected chi connectivity index (χ2v) is 8.78. The molecule has 0 heterocycles. The second-order valence-electron chi connectivity index (χ2n) is 4.22. The average molecular weight is 179 g/mol. The molecule has 1 nitrogen and oxygen atoms in total. The molecular formula is C10H17NSi. The van der Waals surface area contributed by atoms with E-state index in [-0.39, 0.29) is 0 Å². The van der Waals surface area contributed by atoms with Crippen LogP contribution in [0.2, 0.25) is 19.6 Å². The summed E-state index contributed by atoms with van der Waals surface area (Å²) >= 11 is 0. The van der Waals surface area contributed by atoms with Gasteiger partial charge in [-0.2, -0.15) is 0 Å². The van der Waals surface area contributed by atoms with Crippen LogP contribution in [0.1, 0.15) is 6.92 Å². The highest BCUT2D eigenvalue weighted by Crippen LogP contribution is 2.13. The molecule has 0 saturated carbocycles. The molecule has 66 valence electrons. The zero-order valence-corrected chi connectivity index (χ0v) is 9.33. The molecule has 1 aliphatic rings. The number of allylic oxidation sites excluding steroid dienone is 4. The lowest BCUT2D eigenvalue weighted by atomic mass is 10.1. The molecule has 0 saturated heterocycles. The summed E-state index contributed by atoms with van der Waals surface area (Å²) in [5.41, 5.74) is 1.26. The van der Waals surface area contributed by atoms with Crippen molar-refractivity contribution in [3.63, 3.8) is 0 Å². The Labute approximate surface area is 76.0 Å². The maximum Gasteiger partial charge on any atom is 0.172 e. The van der Waals surface area contributed by atoms with E-state index in [1.807, 2.05) is 0 Å². The lowest BCUT2D eigenvalue weighted by Gasteiger charge is -2.13. The molecule has 0 aliphatic heterocycles. The summed E-state index contributed by atoms with van der Waals surface area (Å²) in [4.78, 5) is 0. The van der Waals surface area contributed by atoms with Crippen LogP contribution in [0.4, 0.5) is 0 Å². The van der Waals surface area contributed by atoms with Gasteiger partial charge in [0, 0.05) is 11.6 Å². The summed E-state index contributed by atoms with van der Waals surface area (Å²) in [6.07, 6.45) is 8.57. The van der Waals surface area contributed by atoms with Crippen molar-refractivity contribution in [1.82, 2.24) is 0 Å². The van der Waals surface area contributed by atoms with Gasteiger partial charge in [0.15, 0.2) is 8.24 Å². The zero-order chi connectivity index (χ0) is 9.19. The van der Waals surface area contributed by atoms with E-state index in [9.17, 15) is 0 Å². The summed E-state index contributed by atoms with van der Waals surface area (Å²) in [5.74, 6) is 0.469. The summed E-state index contributed by atoms with van der Waals surface area (Å²) < 4.78 is 4.74. The van der Waals surface area contributed by atoms with Gasteiger partial charge in [0.05, 0.1) is 0 Å². The molecule has 0 aromatic carbocycles. The third-order valence-corrected chi connectivity index (χ3v) is 2.77. The van der Waals surface area contributed by atoms with E-state index in [4.69, 9.17) is 4.66 Å². The van der Waals surface area contributed by atoms with Crippen molar-refractivity contribution in [3.8, 4) is 0 Å². The van der Waals surface area contributed by atoms with Crippen molar-refractivity contribution in [3.05, 3.63) is 24.3 Å². The summed E-state index contributed by atoms with van der Waals surface area (Å²) in [6, 6.07) is 0. The van der Waals surface area contributed by atoms with E-state index in [2.05, 4.69) is 50.9 Å². The Hall–Kier alpha value is -0.633. The van der Waals surface area contributed by atoms with Crippen molar-refractivity contribution < 1.29 is 0 Å². The summed E-state index contributed by atoms with van der Waals surface area (Å²) in [6.45, 7) is 8.92. The quantitative estimate of drug-likeness (QED) is 0.456. The minimum absolute atomic E-state index is 0.469. The molecule has 0 atom stereocenters. The second kappa shape index (κ2) is 3.40. The fourth-order valence-electron chi connectivity index (χ4n) is 1.31. The van der Waals surface area contributed by atoms with E-state index in [1.165, 1.54) is 5.71 Å². The smallest absolute Gasteiger partial charge is 0.172 e. The van der Waals surface area contributed by atoms with Crippen LogP contribution in [0.15, 0.2) is 29.0 Å². The summed E-state index contributed by atoms with van der Waals surface area (Å²) in [5, 5.41) is 0. The maximum atomic E-state index is 4.74. The van der Waals surface area contributed by atoms with Gasteiger partial charge in [-0.3, -0.25) is 0 Å². The van der Waals surface area contributed by atoms with E-state index >= 15 is 0 Å². The minimum atomic E-state index is -1.27. The fourth-order valence-corrected chi connectivity index (χ4v) is 2.52. The first-order valence-corrected chi connectivity index (χ1v) is 7.85. The largest absolute Gasteiger partial charge is 0.330 e. The van der Waals surface area contributed by atoms with Gasteiger partial charge in [-0.05, 0) is 26.6 Å². The first kappa shape index (κ1) is 9.45. The van der Waals surface area contributed by atoms with Crippen molar-refractivity contribution in [2.45, 2.75) is 26.6 Å². The van der Waals surface area contributed by atoms with Crippen LogP contribution in [0.3, 0.4) is 0 Å². The number of rotatable bonds is 2. The van der Waals surface area contributed by atoms with Crippen LogP contribution in [-0.4, -0.2) is 13.9 Å². The lowest BCUT2D eigenvalue weighted by Crippen LogP contribution is -2.20. The molecule has 0 spiro atoms. The van der Waals surface area contributed by atoms with Gasteiger partial charge in [-0.1, -0.05) is 24.3 Å². The van der Waals surface area contributed by atoms with E-state index in [1.54, 1.807) is 0 Å². The zero-order valence-electron chi connectivity index (χ0n) is 8.33. The van der Waals surface area contributed by atoms with Gasteiger partial charge in [-0.25, -0.2) is 0 Å². The molecule has 2 heteroatoms. The van der Waals surface area contributed by atoms with Crippen molar-refractivity contribution >= 4 is 13.9 Å². The van der Waals surface area contributed by atoms with Crippen LogP contribution in [0.5, 0.6) is 0 Å². The Balaban J connectivity index is 2.70. The molecule has 0 N–H and O–H groups in total. The van der Waals surface area contributed by atoms with Gasteiger partial charge >= 0.3 is 0 Å². The SMILES string of the molecule is CC(=N[Si](C)(C)C)C1C=CC=C1. The molecule has 1 aliphatic carbocycles. The molecule has 1 rings (SSSR count). The number of nitrogens with zero attached hydrogens (tertiary/aromatic N) is 1. The van der Waals surface area contributed by atoms with Crippen LogP contribution >= 0.6 is 0 Å². The Morgan fingerprint density at radius 2 is 1.67 bits per heavy atom. The molecular weight excluding hydrogens is 162 g/mol. The van der Waals surface area contributed by atoms with E-state index < -0.39 is 8.24 Å². The topological polar surface area (TPSA) is 12.4 Å². The lowest BCUT2D eigenvalue weighted by molar-refractivity contribution is 1.15. The Bertz CT molecular complexity index is 231. The van der Waals surface area contributed by atoms with Crippen molar-refractivity contribution in [2.75, 3.05) is 0 Å². The average Bonchev–Trinajstić information content (AvgIpc) is 2.32. The van der Waals surface area contributed by atoms with Gasteiger partial charge < -0.3 is 4.66 Å². The first-order valence-electron chi connectivity index (χ1n) is 4.40. The van der Waals surface area contributed by atoms with Gasteiger partial charge in [0.2, 0.25) is 0 Å². The third-order valence-electron chi connectivity index (χ3n) is 1.74. The summed E-state index contributed by atoms with van der Waals surface area (Å²) in [7, 11) is -1.27. The predicted octanol–water partition coefficient (Wildman–Crippen LogP) is 3.02. The maximum absolute atomic E-state index is 4.74. The third kappa shape index (κ3) is 2.78. The molecule has 0 radical (unpaired) electrons. The Kier molecular flexibility index (Phi) is 2.68.